The van der Waals surface area contributed by atoms with Crippen LogP contribution in [0.25, 0.3) is 0 Å². The summed E-state index contributed by atoms with van der Waals surface area (Å²) in [5.41, 5.74) is 8.71. The lowest BCUT2D eigenvalue weighted by molar-refractivity contribution is 0.284. The Hall–Kier alpha value is -1.71. The highest BCUT2D eigenvalue weighted by atomic mass is 35.5. The van der Waals surface area contributed by atoms with Crippen LogP contribution >= 0.6 is 11.6 Å². The molecule has 0 aliphatic carbocycles. The first-order valence-corrected chi connectivity index (χ1v) is 6.76. The lowest BCUT2D eigenvalue weighted by Crippen LogP contribution is -2.01. The average Bonchev–Trinajstić information content (AvgIpc) is 2.46. The largest absolute Gasteiger partial charge is 0.493 e. The number of hydrogen-bond donors (Lipinski definition) is 1. The monoisotopic (exact) mass is 291 g/mol. The Balaban J connectivity index is 2.17. The average molecular weight is 292 g/mol. The second-order valence-electron chi connectivity index (χ2n) is 4.57. The third kappa shape index (κ3) is 3.44. The molecule has 20 heavy (non-hydrogen) atoms. The summed E-state index contributed by atoms with van der Waals surface area (Å²) < 4.78 is 11.1. The van der Waals surface area contributed by atoms with Crippen molar-refractivity contribution in [3.05, 3.63) is 58.1 Å². The van der Waals surface area contributed by atoms with Gasteiger partial charge in [-0.3, -0.25) is 0 Å². The molecule has 4 heteroatoms. The van der Waals surface area contributed by atoms with E-state index >= 15 is 0 Å². The van der Waals surface area contributed by atoms with E-state index in [9.17, 15) is 0 Å². The number of benzene rings is 2. The Labute approximate surface area is 124 Å². The normalized spacial score (nSPS) is 10.4. The van der Waals surface area contributed by atoms with E-state index in [0.29, 0.717) is 29.7 Å². The van der Waals surface area contributed by atoms with Gasteiger partial charge in [0.2, 0.25) is 0 Å². The van der Waals surface area contributed by atoms with Gasteiger partial charge in [0, 0.05) is 17.1 Å². The van der Waals surface area contributed by atoms with E-state index in [1.54, 1.807) is 7.11 Å². The highest BCUT2D eigenvalue weighted by Gasteiger charge is 2.07. The minimum atomic E-state index is 0.392. The molecule has 106 valence electrons. The van der Waals surface area contributed by atoms with Crippen molar-refractivity contribution in [2.45, 2.75) is 20.1 Å². The molecule has 0 saturated heterocycles. The van der Waals surface area contributed by atoms with E-state index in [4.69, 9.17) is 26.8 Å². The van der Waals surface area contributed by atoms with E-state index in [2.05, 4.69) is 0 Å². The molecule has 0 saturated carbocycles. The highest BCUT2D eigenvalue weighted by molar-refractivity contribution is 6.31. The maximum absolute atomic E-state index is 6.20. The van der Waals surface area contributed by atoms with Crippen molar-refractivity contribution in [2.75, 3.05) is 7.11 Å². The van der Waals surface area contributed by atoms with Gasteiger partial charge in [-0.2, -0.15) is 0 Å². The van der Waals surface area contributed by atoms with Gasteiger partial charge >= 0.3 is 0 Å². The van der Waals surface area contributed by atoms with Gasteiger partial charge in [-0.15, -0.1) is 0 Å². The quantitative estimate of drug-likeness (QED) is 0.913. The van der Waals surface area contributed by atoms with E-state index in [0.717, 1.165) is 16.7 Å². The molecule has 0 aliphatic rings. The molecule has 0 aliphatic heterocycles. The number of aryl methyl sites for hydroxylation is 1. The van der Waals surface area contributed by atoms with Crippen LogP contribution < -0.4 is 15.2 Å². The molecule has 0 fully saturated rings. The van der Waals surface area contributed by atoms with Gasteiger partial charge in [0.25, 0.3) is 0 Å². The smallest absolute Gasteiger partial charge is 0.161 e. The van der Waals surface area contributed by atoms with Crippen molar-refractivity contribution in [3.63, 3.8) is 0 Å². The predicted molar refractivity (Wildman–Crippen MR) is 81.4 cm³/mol. The first-order chi connectivity index (χ1) is 9.63. The minimum Gasteiger partial charge on any atom is -0.493 e. The van der Waals surface area contributed by atoms with Crippen LogP contribution in [0, 0.1) is 6.92 Å². The molecule has 0 bridgehead atoms. The molecule has 0 radical (unpaired) electrons. The standard InChI is InChI=1S/C16H18ClNO2/c1-11-3-5-13(14(17)7-11)10-20-16-8-12(9-18)4-6-15(16)19-2/h3-8H,9-10,18H2,1-2H3. The first-order valence-electron chi connectivity index (χ1n) is 6.39. The molecule has 0 unspecified atom stereocenters. The number of hydrogen-bond acceptors (Lipinski definition) is 3. The number of nitrogens with two attached hydrogens (primary N) is 1. The van der Waals surface area contributed by atoms with Crippen LogP contribution in [0.5, 0.6) is 11.5 Å². The van der Waals surface area contributed by atoms with E-state index in [1.807, 2.05) is 43.3 Å². The Bertz CT molecular complexity index is 599. The van der Waals surface area contributed by atoms with Crippen molar-refractivity contribution < 1.29 is 9.47 Å². The fourth-order valence-electron chi connectivity index (χ4n) is 1.89. The molecule has 0 amide bonds. The zero-order valence-corrected chi connectivity index (χ0v) is 12.4. The van der Waals surface area contributed by atoms with Crippen molar-refractivity contribution in [2.24, 2.45) is 5.73 Å². The number of ether oxygens (including phenoxy) is 2. The van der Waals surface area contributed by atoms with Crippen molar-refractivity contribution in [1.29, 1.82) is 0 Å². The molecule has 2 N–H and O–H groups in total. The first kappa shape index (κ1) is 14.7. The van der Waals surface area contributed by atoms with Crippen molar-refractivity contribution >= 4 is 11.6 Å². The summed E-state index contributed by atoms with van der Waals surface area (Å²) >= 11 is 6.20. The van der Waals surface area contributed by atoms with Crippen LogP contribution in [0.3, 0.4) is 0 Å². The highest BCUT2D eigenvalue weighted by Crippen LogP contribution is 2.29. The van der Waals surface area contributed by atoms with Crippen LogP contribution in [-0.2, 0) is 13.2 Å². The van der Waals surface area contributed by atoms with Gasteiger partial charge in [0.1, 0.15) is 6.61 Å². The Morgan fingerprint density at radius 2 is 1.90 bits per heavy atom. The number of rotatable bonds is 5. The Kier molecular flexibility index (Phi) is 4.88. The van der Waals surface area contributed by atoms with Crippen LogP contribution in [0.4, 0.5) is 0 Å². The van der Waals surface area contributed by atoms with Crippen molar-refractivity contribution in [1.82, 2.24) is 0 Å². The van der Waals surface area contributed by atoms with Gasteiger partial charge < -0.3 is 15.2 Å². The molecule has 0 heterocycles. The molecule has 2 aromatic carbocycles. The minimum absolute atomic E-state index is 0.392. The lowest BCUT2D eigenvalue weighted by atomic mass is 10.1. The van der Waals surface area contributed by atoms with Gasteiger partial charge in [-0.25, -0.2) is 0 Å². The van der Waals surface area contributed by atoms with E-state index in [1.165, 1.54) is 0 Å². The maximum Gasteiger partial charge on any atom is 0.161 e. The predicted octanol–water partition coefficient (Wildman–Crippen LogP) is 3.69. The molecule has 0 aromatic heterocycles. The molecular weight excluding hydrogens is 274 g/mol. The topological polar surface area (TPSA) is 44.5 Å². The van der Waals surface area contributed by atoms with E-state index < -0.39 is 0 Å². The molecule has 0 atom stereocenters. The lowest BCUT2D eigenvalue weighted by Gasteiger charge is -2.13. The second-order valence-corrected chi connectivity index (χ2v) is 4.98. The molecule has 2 rings (SSSR count). The number of methoxy groups -OCH3 is 1. The maximum atomic E-state index is 6.20. The van der Waals surface area contributed by atoms with Crippen LogP contribution in [0.15, 0.2) is 36.4 Å². The third-order valence-electron chi connectivity index (χ3n) is 3.06. The Morgan fingerprint density at radius 3 is 2.55 bits per heavy atom. The second kappa shape index (κ2) is 6.64. The molecule has 0 spiro atoms. The van der Waals surface area contributed by atoms with Gasteiger partial charge in [-0.1, -0.05) is 29.8 Å². The summed E-state index contributed by atoms with van der Waals surface area (Å²) in [7, 11) is 1.61. The van der Waals surface area contributed by atoms with Crippen LogP contribution in [0.2, 0.25) is 5.02 Å². The van der Waals surface area contributed by atoms with E-state index in [-0.39, 0.29) is 0 Å². The zero-order valence-electron chi connectivity index (χ0n) is 11.7. The summed E-state index contributed by atoms with van der Waals surface area (Å²) in [6.45, 7) is 2.86. The molecule has 3 nitrogen and oxygen atoms in total. The van der Waals surface area contributed by atoms with Gasteiger partial charge in [-0.05, 0) is 36.2 Å². The summed E-state index contributed by atoms with van der Waals surface area (Å²) in [5.74, 6) is 1.36. The molecule has 2 aromatic rings. The van der Waals surface area contributed by atoms with Gasteiger partial charge in [0.15, 0.2) is 11.5 Å². The van der Waals surface area contributed by atoms with Gasteiger partial charge in [0.05, 0.1) is 7.11 Å². The fraction of sp³-hybridized carbons (Fsp3) is 0.250. The summed E-state index contributed by atoms with van der Waals surface area (Å²) in [6.07, 6.45) is 0. The van der Waals surface area contributed by atoms with Crippen molar-refractivity contribution in [3.8, 4) is 11.5 Å². The third-order valence-corrected chi connectivity index (χ3v) is 3.41. The van der Waals surface area contributed by atoms with Crippen LogP contribution in [-0.4, -0.2) is 7.11 Å². The Morgan fingerprint density at radius 1 is 1.10 bits per heavy atom. The summed E-state index contributed by atoms with van der Waals surface area (Å²) in [6, 6.07) is 11.6. The summed E-state index contributed by atoms with van der Waals surface area (Å²) in [5, 5.41) is 0.707. The van der Waals surface area contributed by atoms with Crippen LogP contribution in [0.1, 0.15) is 16.7 Å². The number of halogens is 1. The zero-order chi connectivity index (χ0) is 14.5. The fourth-order valence-corrected chi connectivity index (χ4v) is 2.18. The SMILES string of the molecule is COc1ccc(CN)cc1OCc1ccc(C)cc1Cl. The molecular formula is C16H18ClNO2. The summed E-state index contributed by atoms with van der Waals surface area (Å²) in [4.78, 5) is 0.